The summed E-state index contributed by atoms with van der Waals surface area (Å²) in [6.07, 6.45) is 3.65. The molecule has 2 unspecified atom stereocenters. The van der Waals surface area contributed by atoms with Crippen LogP contribution in [-0.4, -0.2) is 16.5 Å². The Bertz CT molecular complexity index is 774. The van der Waals surface area contributed by atoms with E-state index in [2.05, 4.69) is 64.8 Å². The first kappa shape index (κ1) is 17.0. The number of rotatable bonds is 7. The second-order valence-corrected chi connectivity index (χ2v) is 6.00. The Morgan fingerprint density at radius 3 is 2.28 bits per heavy atom. The number of para-hydroxylation sites is 1. The van der Waals surface area contributed by atoms with E-state index in [9.17, 15) is 0 Å². The zero-order chi connectivity index (χ0) is 17.5. The minimum absolute atomic E-state index is 0.0556. The molecular formula is C21H24N4. The summed E-state index contributed by atoms with van der Waals surface area (Å²) in [5.41, 5.74) is 3.41. The lowest BCUT2D eigenvalue weighted by molar-refractivity contribution is 0.618. The first-order valence-corrected chi connectivity index (χ1v) is 8.71. The Hall–Kier alpha value is -2.88. The van der Waals surface area contributed by atoms with Crippen LogP contribution in [-0.2, 0) is 0 Å². The zero-order valence-electron chi connectivity index (χ0n) is 14.7. The summed E-state index contributed by atoms with van der Waals surface area (Å²) < 4.78 is 0. The Morgan fingerprint density at radius 1 is 0.880 bits per heavy atom. The van der Waals surface area contributed by atoms with Crippen LogP contribution in [0.5, 0.6) is 0 Å². The van der Waals surface area contributed by atoms with Gasteiger partial charge in [-0.2, -0.15) is 0 Å². The van der Waals surface area contributed by atoms with Gasteiger partial charge in [0.15, 0.2) is 0 Å². The number of aromatic nitrogens is 2. The summed E-state index contributed by atoms with van der Waals surface area (Å²) in [5, 5.41) is 7.07. The minimum atomic E-state index is 0.0556. The third kappa shape index (κ3) is 4.15. The Balaban J connectivity index is 2.00. The van der Waals surface area contributed by atoms with Gasteiger partial charge in [-0.25, -0.2) is 4.98 Å². The van der Waals surface area contributed by atoms with E-state index in [0.717, 1.165) is 23.7 Å². The van der Waals surface area contributed by atoms with Gasteiger partial charge < -0.3 is 10.6 Å². The third-order valence-electron chi connectivity index (χ3n) is 4.29. The number of hydrogen-bond acceptors (Lipinski definition) is 4. The molecular weight excluding hydrogens is 308 g/mol. The standard InChI is InChI=1S/C21H24N4/c1-3-22-19-12-5-4-10-17(19)21(25-20-13-7-9-15-24-20)16(2)18-11-6-8-14-23-18/h4-16,21-22H,3H2,1-2H3,(H,24,25). The average molecular weight is 332 g/mol. The molecule has 0 aliphatic rings. The van der Waals surface area contributed by atoms with Gasteiger partial charge >= 0.3 is 0 Å². The van der Waals surface area contributed by atoms with Crippen molar-refractivity contribution in [3.63, 3.8) is 0 Å². The molecule has 128 valence electrons. The van der Waals surface area contributed by atoms with Crippen LogP contribution in [0.25, 0.3) is 0 Å². The topological polar surface area (TPSA) is 49.8 Å². The molecule has 25 heavy (non-hydrogen) atoms. The van der Waals surface area contributed by atoms with Gasteiger partial charge in [-0.05, 0) is 42.8 Å². The van der Waals surface area contributed by atoms with Crippen LogP contribution in [0.15, 0.2) is 73.1 Å². The second kappa shape index (κ2) is 8.29. The monoisotopic (exact) mass is 332 g/mol. The van der Waals surface area contributed by atoms with E-state index in [-0.39, 0.29) is 12.0 Å². The van der Waals surface area contributed by atoms with Gasteiger partial charge in [0.1, 0.15) is 5.82 Å². The van der Waals surface area contributed by atoms with Crippen LogP contribution in [0.4, 0.5) is 11.5 Å². The SMILES string of the molecule is CCNc1ccccc1C(Nc1ccccn1)C(C)c1ccccn1. The van der Waals surface area contributed by atoms with Crippen LogP contribution in [0.1, 0.15) is 37.1 Å². The maximum atomic E-state index is 4.56. The number of anilines is 2. The summed E-state index contributed by atoms with van der Waals surface area (Å²) in [4.78, 5) is 9.01. The molecule has 0 radical (unpaired) electrons. The van der Waals surface area contributed by atoms with Crippen LogP contribution in [0.3, 0.4) is 0 Å². The van der Waals surface area contributed by atoms with Gasteiger partial charge in [0.05, 0.1) is 6.04 Å². The maximum Gasteiger partial charge on any atom is 0.126 e. The van der Waals surface area contributed by atoms with Gasteiger partial charge in [-0.3, -0.25) is 4.98 Å². The number of benzene rings is 1. The molecule has 0 bridgehead atoms. The number of nitrogens with zero attached hydrogens (tertiary/aromatic N) is 2. The Kier molecular flexibility index (Phi) is 5.62. The summed E-state index contributed by atoms with van der Waals surface area (Å²) in [7, 11) is 0. The fourth-order valence-electron chi connectivity index (χ4n) is 3.02. The summed E-state index contributed by atoms with van der Waals surface area (Å²) in [5.74, 6) is 1.05. The van der Waals surface area contributed by atoms with E-state index < -0.39 is 0 Å². The van der Waals surface area contributed by atoms with Crippen molar-refractivity contribution in [3.8, 4) is 0 Å². The molecule has 0 spiro atoms. The summed E-state index contributed by atoms with van der Waals surface area (Å²) in [6, 6.07) is 20.5. The smallest absolute Gasteiger partial charge is 0.126 e. The molecule has 3 aromatic rings. The zero-order valence-corrected chi connectivity index (χ0v) is 14.7. The first-order chi connectivity index (χ1) is 12.3. The quantitative estimate of drug-likeness (QED) is 0.648. The average Bonchev–Trinajstić information content (AvgIpc) is 2.68. The van der Waals surface area contributed by atoms with E-state index in [0.29, 0.717) is 0 Å². The van der Waals surface area contributed by atoms with Crippen molar-refractivity contribution < 1.29 is 0 Å². The van der Waals surface area contributed by atoms with E-state index in [1.54, 1.807) is 6.20 Å². The molecule has 2 heterocycles. The molecule has 0 fully saturated rings. The molecule has 0 aliphatic heterocycles. The summed E-state index contributed by atoms with van der Waals surface area (Å²) in [6.45, 7) is 5.19. The van der Waals surface area contributed by atoms with Crippen molar-refractivity contribution in [2.75, 3.05) is 17.2 Å². The molecule has 4 nitrogen and oxygen atoms in total. The number of pyridine rings is 2. The van der Waals surface area contributed by atoms with E-state index in [1.165, 1.54) is 5.56 Å². The highest BCUT2D eigenvalue weighted by atomic mass is 15.0. The van der Waals surface area contributed by atoms with Gasteiger partial charge in [0, 0.05) is 36.2 Å². The van der Waals surface area contributed by atoms with Gasteiger partial charge in [0.2, 0.25) is 0 Å². The fourth-order valence-corrected chi connectivity index (χ4v) is 3.02. The molecule has 0 saturated heterocycles. The normalized spacial score (nSPS) is 13.0. The molecule has 2 atom stereocenters. The van der Waals surface area contributed by atoms with Crippen LogP contribution >= 0.6 is 0 Å². The predicted molar refractivity (Wildman–Crippen MR) is 104 cm³/mol. The third-order valence-corrected chi connectivity index (χ3v) is 4.29. The van der Waals surface area contributed by atoms with Gasteiger partial charge in [-0.1, -0.05) is 37.3 Å². The molecule has 4 heteroatoms. The lowest BCUT2D eigenvalue weighted by Crippen LogP contribution is -2.20. The van der Waals surface area contributed by atoms with Crippen molar-refractivity contribution in [2.45, 2.75) is 25.8 Å². The molecule has 0 saturated carbocycles. The van der Waals surface area contributed by atoms with Crippen LogP contribution in [0.2, 0.25) is 0 Å². The largest absolute Gasteiger partial charge is 0.385 e. The second-order valence-electron chi connectivity index (χ2n) is 6.00. The molecule has 2 N–H and O–H groups in total. The van der Waals surface area contributed by atoms with E-state index in [4.69, 9.17) is 0 Å². The highest BCUT2D eigenvalue weighted by molar-refractivity contribution is 5.55. The lowest BCUT2D eigenvalue weighted by Gasteiger charge is -2.28. The lowest BCUT2D eigenvalue weighted by atomic mass is 9.90. The first-order valence-electron chi connectivity index (χ1n) is 8.71. The van der Waals surface area contributed by atoms with Crippen LogP contribution < -0.4 is 10.6 Å². The Morgan fingerprint density at radius 2 is 1.60 bits per heavy atom. The highest BCUT2D eigenvalue weighted by Crippen LogP contribution is 2.36. The highest BCUT2D eigenvalue weighted by Gasteiger charge is 2.24. The molecule has 0 amide bonds. The van der Waals surface area contributed by atoms with Crippen molar-refractivity contribution in [1.82, 2.24) is 9.97 Å². The van der Waals surface area contributed by atoms with Crippen molar-refractivity contribution in [2.24, 2.45) is 0 Å². The number of nitrogens with one attached hydrogen (secondary N) is 2. The van der Waals surface area contributed by atoms with Crippen molar-refractivity contribution in [3.05, 3.63) is 84.3 Å². The van der Waals surface area contributed by atoms with Crippen LogP contribution in [0, 0.1) is 0 Å². The van der Waals surface area contributed by atoms with Gasteiger partial charge in [0.25, 0.3) is 0 Å². The minimum Gasteiger partial charge on any atom is -0.385 e. The van der Waals surface area contributed by atoms with E-state index in [1.807, 2.05) is 36.5 Å². The van der Waals surface area contributed by atoms with E-state index >= 15 is 0 Å². The Labute approximate surface area is 149 Å². The predicted octanol–water partition coefficient (Wildman–Crippen LogP) is 4.87. The van der Waals surface area contributed by atoms with Crippen molar-refractivity contribution in [1.29, 1.82) is 0 Å². The molecule has 3 rings (SSSR count). The fraction of sp³-hybridized carbons (Fsp3) is 0.238. The maximum absolute atomic E-state index is 4.56. The molecule has 0 aliphatic carbocycles. The number of hydrogen-bond donors (Lipinski definition) is 2. The molecule has 2 aromatic heterocycles. The van der Waals surface area contributed by atoms with Crippen molar-refractivity contribution >= 4 is 11.5 Å². The summed E-state index contributed by atoms with van der Waals surface area (Å²) >= 11 is 0. The molecule has 1 aromatic carbocycles. The van der Waals surface area contributed by atoms with Gasteiger partial charge in [-0.15, -0.1) is 0 Å².